The lowest BCUT2D eigenvalue weighted by molar-refractivity contribution is 0.102. The molecule has 0 fully saturated rings. The van der Waals surface area contributed by atoms with Crippen LogP contribution in [-0.2, 0) is 0 Å². The van der Waals surface area contributed by atoms with Crippen LogP contribution in [0.25, 0.3) is 0 Å². The normalized spacial score (nSPS) is 10.2. The molecule has 92 valence electrons. The Labute approximate surface area is 121 Å². The predicted octanol–water partition coefficient (Wildman–Crippen LogP) is 4.16. The minimum absolute atomic E-state index is 0.0674. The number of amides is 1. The molecule has 3 heteroatoms. The maximum Gasteiger partial charge on any atom is 0.255 e. The Balaban J connectivity index is 2.24. The molecule has 0 saturated heterocycles. The second kappa shape index (κ2) is 5.52. The second-order valence-electron chi connectivity index (χ2n) is 4.28. The van der Waals surface area contributed by atoms with Gasteiger partial charge in [0.2, 0.25) is 0 Å². The van der Waals surface area contributed by atoms with Crippen LogP contribution in [0, 0.1) is 17.4 Å². The van der Waals surface area contributed by atoms with E-state index in [4.69, 9.17) is 0 Å². The molecule has 0 saturated carbocycles. The smallest absolute Gasteiger partial charge is 0.255 e. The Kier molecular flexibility index (Phi) is 4.01. The first-order chi connectivity index (χ1) is 8.56. The second-order valence-corrected chi connectivity index (χ2v) is 5.53. The van der Waals surface area contributed by atoms with Gasteiger partial charge in [0.1, 0.15) is 0 Å². The van der Waals surface area contributed by atoms with Crippen molar-refractivity contribution in [3.8, 4) is 0 Å². The maximum atomic E-state index is 12.1. The number of benzene rings is 2. The molecule has 0 aliphatic carbocycles. The Morgan fingerprint density at radius 3 is 2.61 bits per heavy atom. The molecule has 0 aromatic heterocycles. The molecule has 1 amide bonds. The zero-order chi connectivity index (χ0) is 13.1. The zero-order valence-corrected chi connectivity index (χ0v) is 12.5. The van der Waals surface area contributed by atoms with Crippen molar-refractivity contribution in [3.05, 3.63) is 62.7 Å². The molecule has 18 heavy (non-hydrogen) atoms. The molecule has 0 bridgehead atoms. The number of rotatable bonds is 2. The van der Waals surface area contributed by atoms with Crippen LogP contribution in [0.3, 0.4) is 0 Å². The number of carbonyl (C=O) groups is 1. The summed E-state index contributed by atoms with van der Waals surface area (Å²) in [5.74, 6) is -0.0674. The van der Waals surface area contributed by atoms with E-state index in [-0.39, 0.29) is 5.91 Å². The molecule has 2 aromatic rings. The highest BCUT2D eigenvalue weighted by atomic mass is 127. The zero-order valence-electron chi connectivity index (χ0n) is 10.3. The van der Waals surface area contributed by atoms with Crippen molar-refractivity contribution in [3.63, 3.8) is 0 Å². The third-order valence-corrected chi connectivity index (χ3v) is 3.40. The summed E-state index contributed by atoms with van der Waals surface area (Å²) in [4.78, 5) is 12.1. The summed E-state index contributed by atoms with van der Waals surface area (Å²) >= 11 is 2.20. The summed E-state index contributed by atoms with van der Waals surface area (Å²) in [5.41, 5.74) is 3.76. The average Bonchev–Trinajstić information content (AvgIpc) is 2.34. The lowest BCUT2D eigenvalue weighted by atomic mass is 10.1. The third kappa shape index (κ3) is 3.10. The van der Waals surface area contributed by atoms with Crippen LogP contribution in [0.5, 0.6) is 0 Å². The minimum Gasteiger partial charge on any atom is -0.322 e. The molecule has 0 radical (unpaired) electrons. The summed E-state index contributed by atoms with van der Waals surface area (Å²) < 4.78 is 1.06. The fourth-order valence-electron chi connectivity index (χ4n) is 1.69. The summed E-state index contributed by atoms with van der Waals surface area (Å²) in [6, 6.07) is 13.6. The molecule has 0 spiro atoms. The van der Waals surface area contributed by atoms with Gasteiger partial charge in [0, 0.05) is 14.8 Å². The topological polar surface area (TPSA) is 29.1 Å². The summed E-state index contributed by atoms with van der Waals surface area (Å²) in [5, 5.41) is 2.95. The molecule has 2 aromatic carbocycles. The highest BCUT2D eigenvalue weighted by Crippen LogP contribution is 2.18. The Morgan fingerprint density at radius 2 is 1.89 bits per heavy atom. The molecule has 1 N–H and O–H groups in total. The van der Waals surface area contributed by atoms with Crippen molar-refractivity contribution < 1.29 is 4.79 Å². The van der Waals surface area contributed by atoms with Crippen LogP contribution in [-0.4, -0.2) is 5.91 Å². The van der Waals surface area contributed by atoms with E-state index < -0.39 is 0 Å². The average molecular weight is 351 g/mol. The van der Waals surface area contributed by atoms with Crippen LogP contribution in [0.2, 0.25) is 0 Å². The Hall–Kier alpha value is -1.36. The number of anilines is 1. The standard InChI is InChI=1S/C15H14INO/c1-10-6-7-11(2)14(8-10)17-15(18)12-4-3-5-13(16)9-12/h3-9H,1-2H3,(H,17,18). The number of nitrogens with one attached hydrogen (secondary N) is 1. The molecule has 2 nitrogen and oxygen atoms in total. The van der Waals surface area contributed by atoms with Crippen molar-refractivity contribution in [1.29, 1.82) is 0 Å². The van der Waals surface area contributed by atoms with Crippen molar-refractivity contribution in [2.45, 2.75) is 13.8 Å². The van der Waals surface area contributed by atoms with Gasteiger partial charge in [-0.15, -0.1) is 0 Å². The lowest BCUT2D eigenvalue weighted by Crippen LogP contribution is -2.12. The highest BCUT2D eigenvalue weighted by Gasteiger charge is 2.07. The summed E-state index contributed by atoms with van der Waals surface area (Å²) in [7, 11) is 0. The van der Waals surface area contributed by atoms with Gasteiger partial charge in [-0.2, -0.15) is 0 Å². The van der Waals surface area contributed by atoms with Gasteiger partial charge in [0.25, 0.3) is 5.91 Å². The number of carbonyl (C=O) groups excluding carboxylic acids is 1. The van der Waals surface area contributed by atoms with Crippen LogP contribution in [0.4, 0.5) is 5.69 Å². The Morgan fingerprint density at radius 1 is 1.11 bits per heavy atom. The molecule has 0 heterocycles. The molecule has 0 unspecified atom stereocenters. The van der Waals surface area contributed by atoms with Crippen LogP contribution < -0.4 is 5.32 Å². The summed E-state index contributed by atoms with van der Waals surface area (Å²) in [6.07, 6.45) is 0. The molecule has 0 aliphatic rings. The fourth-order valence-corrected chi connectivity index (χ4v) is 2.24. The van der Waals surface area contributed by atoms with Crippen LogP contribution in [0.1, 0.15) is 21.5 Å². The van der Waals surface area contributed by atoms with E-state index in [1.165, 1.54) is 0 Å². The van der Waals surface area contributed by atoms with Gasteiger partial charge in [0.15, 0.2) is 0 Å². The first-order valence-corrected chi connectivity index (χ1v) is 6.78. The van der Waals surface area contributed by atoms with Gasteiger partial charge < -0.3 is 5.32 Å². The number of aryl methyl sites for hydroxylation is 2. The van der Waals surface area contributed by atoms with Gasteiger partial charge >= 0.3 is 0 Å². The van der Waals surface area contributed by atoms with Gasteiger partial charge in [-0.25, -0.2) is 0 Å². The SMILES string of the molecule is Cc1ccc(C)c(NC(=O)c2cccc(I)c2)c1. The van der Waals surface area contributed by atoms with Gasteiger partial charge in [0.05, 0.1) is 0 Å². The van der Waals surface area contributed by atoms with Gasteiger partial charge in [-0.1, -0.05) is 18.2 Å². The molecule has 2 rings (SSSR count). The molecule has 0 atom stereocenters. The van der Waals surface area contributed by atoms with Crippen molar-refractivity contribution in [2.75, 3.05) is 5.32 Å². The monoisotopic (exact) mass is 351 g/mol. The van der Waals surface area contributed by atoms with E-state index in [1.807, 2.05) is 56.3 Å². The van der Waals surface area contributed by atoms with Crippen molar-refractivity contribution >= 4 is 34.2 Å². The molecule has 0 aliphatic heterocycles. The number of hydrogen-bond acceptors (Lipinski definition) is 1. The van der Waals surface area contributed by atoms with Crippen molar-refractivity contribution in [1.82, 2.24) is 0 Å². The quantitative estimate of drug-likeness (QED) is 0.809. The van der Waals surface area contributed by atoms with Crippen molar-refractivity contribution in [2.24, 2.45) is 0 Å². The largest absolute Gasteiger partial charge is 0.322 e. The number of hydrogen-bond donors (Lipinski definition) is 1. The first kappa shape index (κ1) is 13.1. The minimum atomic E-state index is -0.0674. The van der Waals surface area contributed by atoms with E-state index in [0.717, 1.165) is 20.4 Å². The van der Waals surface area contributed by atoms with Crippen LogP contribution >= 0.6 is 22.6 Å². The maximum absolute atomic E-state index is 12.1. The van der Waals surface area contributed by atoms with E-state index in [9.17, 15) is 4.79 Å². The molecular formula is C15H14INO. The third-order valence-electron chi connectivity index (χ3n) is 2.73. The van der Waals surface area contributed by atoms with E-state index >= 15 is 0 Å². The highest BCUT2D eigenvalue weighted by molar-refractivity contribution is 14.1. The summed E-state index contributed by atoms with van der Waals surface area (Å²) in [6.45, 7) is 4.00. The van der Waals surface area contributed by atoms with Crippen LogP contribution in [0.15, 0.2) is 42.5 Å². The number of halogens is 1. The van der Waals surface area contributed by atoms with E-state index in [2.05, 4.69) is 27.9 Å². The predicted molar refractivity (Wildman–Crippen MR) is 83.0 cm³/mol. The van der Waals surface area contributed by atoms with E-state index in [1.54, 1.807) is 0 Å². The Bertz CT molecular complexity index is 593. The van der Waals surface area contributed by atoms with Gasteiger partial charge in [-0.3, -0.25) is 4.79 Å². The lowest BCUT2D eigenvalue weighted by Gasteiger charge is -2.09. The first-order valence-electron chi connectivity index (χ1n) is 5.70. The fraction of sp³-hybridized carbons (Fsp3) is 0.133. The molecular weight excluding hydrogens is 337 g/mol. The van der Waals surface area contributed by atoms with E-state index in [0.29, 0.717) is 5.56 Å². The van der Waals surface area contributed by atoms with Gasteiger partial charge in [-0.05, 0) is 71.8 Å².